The van der Waals surface area contributed by atoms with Crippen LogP contribution in [0.3, 0.4) is 0 Å². The maximum Gasteiger partial charge on any atom is 0.192 e. The molecule has 0 radical (unpaired) electrons. The van der Waals surface area contributed by atoms with Crippen molar-refractivity contribution in [1.29, 1.82) is 0 Å². The van der Waals surface area contributed by atoms with Crippen LogP contribution in [0.1, 0.15) is 63.3 Å². The second kappa shape index (κ2) is 7.20. The van der Waals surface area contributed by atoms with Crippen LogP contribution in [0, 0.1) is 18.3 Å². The molecule has 3 heterocycles. The van der Waals surface area contributed by atoms with Gasteiger partial charge in [-0.3, -0.25) is 0 Å². The minimum Gasteiger partial charge on any atom is -0.441 e. The Bertz CT molecular complexity index is 1330. The zero-order valence-electron chi connectivity index (χ0n) is 21.9. The second-order valence-electron chi connectivity index (χ2n) is 12.9. The Hall–Kier alpha value is -1.87. The summed E-state index contributed by atoms with van der Waals surface area (Å²) < 4.78 is 46.7. The van der Waals surface area contributed by atoms with E-state index in [0.29, 0.717) is 31.6 Å². The molecule has 200 valence electrons. The van der Waals surface area contributed by atoms with E-state index in [1.807, 2.05) is 38.1 Å². The maximum atomic E-state index is 17.2. The smallest absolute Gasteiger partial charge is 0.192 e. The Labute approximate surface area is 215 Å². The Kier molecular flexibility index (Phi) is 4.71. The molecular formula is C29H36F2N2O4. The van der Waals surface area contributed by atoms with Crippen molar-refractivity contribution >= 4 is 16.7 Å². The van der Waals surface area contributed by atoms with Crippen molar-refractivity contribution in [2.75, 3.05) is 14.1 Å². The van der Waals surface area contributed by atoms with Crippen LogP contribution in [-0.4, -0.2) is 75.0 Å². The average molecular weight is 515 g/mol. The largest absolute Gasteiger partial charge is 0.441 e. The summed E-state index contributed by atoms with van der Waals surface area (Å²) in [5, 5.41) is 21.9. The standard InChI is InChI=1S/C29H36F2N2O4/c1-16-32-19-7-5-17(13-21(19)36-16)18-6-8-22-25(18,2)9-10-26(30)15-28(31)24(35)23(34)20(33(3)4)14-27(28)11-12-29(22,26)37-27/h5-7,13,20,22-24,34-35H,8-12,14-15H2,1-4H3. The van der Waals surface area contributed by atoms with Crippen molar-refractivity contribution < 1.29 is 28.1 Å². The Morgan fingerprint density at radius 1 is 1.11 bits per heavy atom. The number of aliphatic hydroxyl groups is 2. The molecule has 2 N–H and O–H groups in total. The van der Waals surface area contributed by atoms with Gasteiger partial charge in [-0.05, 0) is 81.3 Å². The molecule has 8 heteroatoms. The summed E-state index contributed by atoms with van der Waals surface area (Å²) in [6.07, 6.45) is 1.15. The minimum atomic E-state index is -2.33. The number of likely N-dealkylation sites (N-methyl/N-ethyl adjacent to an activating group) is 1. The van der Waals surface area contributed by atoms with Gasteiger partial charge in [0, 0.05) is 25.3 Å². The summed E-state index contributed by atoms with van der Waals surface area (Å²) in [4.78, 5) is 6.23. The average Bonchev–Trinajstić information content (AvgIpc) is 3.50. The Balaban J connectivity index is 1.29. The van der Waals surface area contributed by atoms with Crippen molar-refractivity contribution in [2.45, 2.75) is 99.6 Å². The highest BCUT2D eigenvalue weighted by atomic mass is 19.2. The topological polar surface area (TPSA) is 79.0 Å². The first kappa shape index (κ1) is 24.2. The van der Waals surface area contributed by atoms with Crippen LogP contribution < -0.4 is 0 Å². The molecule has 2 saturated carbocycles. The molecule has 1 aromatic carbocycles. The van der Waals surface area contributed by atoms with Gasteiger partial charge in [-0.25, -0.2) is 13.8 Å². The monoisotopic (exact) mass is 514 g/mol. The number of hydrogen-bond acceptors (Lipinski definition) is 6. The Morgan fingerprint density at radius 3 is 2.65 bits per heavy atom. The molecule has 5 aliphatic rings. The molecule has 3 aliphatic carbocycles. The number of aryl methyl sites for hydroxylation is 1. The van der Waals surface area contributed by atoms with E-state index in [-0.39, 0.29) is 24.2 Å². The summed E-state index contributed by atoms with van der Waals surface area (Å²) >= 11 is 0. The molecule has 9 atom stereocenters. The maximum absolute atomic E-state index is 17.2. The number of ether oxygens (including phenoxy) is 1. The van der Waals surface area contributed by atoms with Gasteiger partial charge in [-0.15, -0.1) is 0 Å². The van der Waals surface area contributed by atoms with Gasteiger partial charge in [-0.2, -0.15) is 0 Å². The first-order chi connectivity index (χ1) is 17.4. The first-order valence-electron chi connectivity index (χ1n) is 13.6. The molecule has 2 aromatic rings. The number of fused-ring (bicyclic) bond motifs is 2. The molecule has 2 spiro atoms. The van der Waals surface area contributed by atoms with Crippen LogP contribution in [-0.2, 0) is 4.74 Å². The number of nitrogens with zero attached hydrogens (tertiary/aromatic N) is 2. The zero-order valence-corrected chi connectivity index (χ0v) is 21.9. The van der Waals surface area contributed by atoms with Crippen LogP contribution in [0.2, 0.25) is 0 Å². The third kappa shape index (κ3) is 2.75. The number of benzene rings is 1. The van der Waals surface area contributed by atoms with Crippen molar-refractivity contribution in [2.24, 2.45) is 11.3 Å². The molecule has 2 bridgehead atoms. The van der Waals surface area contributed by atoms with Gasteiger partial charge in [0.2, 0.25) is 0 Å². The van der Waals surface area contributed by atoms with Crippen molar-refractivity contribution in [1.82, 2.24) is 9.88 Å². The fourth-order valence-electron chi connectivity index (χ4n) is 9.18. The van der Waals surface area contributed by atoms with E-state index in [1.54, 1.807) is 0 Å². The van der Waals surface area contributed by atoms with Crippen molar-refractivity contribution in [3.05, 3.63) is 35.7 Å². The summed E-state index contributed by atoms with van der Waals surface area (Å²) in [7, 11) is 3.63. The van der Waals surface area contributed by atoms with Gasteiger partial charge in [0.05, 0.1) is 6.10 Å². The minimum absolute atomic E-state index is 0.147. The van der Waals surface area contributed by atoms with Gasteiger partial charge in [0.1, 0.15) is 28.5 Å². The summed E-state index contributed by atoms with van der Waals surface area (Å²) in [6, 6.07) is 5.58. The van der Waals surface area contributed by atoms with Crippen LogP contribution in [0.15, 0.2) is 28.7 Å². The molecule has 2 saturated heterocycles. The lowest BCUT2D eigenvalue weighted by atomic mass is 9.51. The van der Waals surface area contributed by atoms with E-state index < -0.39 is 47.2 Å². The third-order valence-electron chi connectivity index (χ3n) is 11.1. The van der Waals surface area contributed by atoms with E-state index in [1.165, 1.54) is 0 Å². The predicted octanol–water partition coefficient (Wildman–Crippen LogP) is 4.50. The predicted molar refractivity (Wildman–Crippen MR) is 134 cm³/mol. The number of aliphatic hydroxyl groups excluding tert-OH is 2. The van der Waals surface area contributed by atoms with Gasteiger partial charge in [0.15, 0.2) is 17.1 Å². The van der Waals surface area contributed by atoms with Crippen LogP contribution >= 0.6 is 0 Å². The highest BCUT2D eigenvalue weighted by Gasteiger charge is 2.82. The van der Waals surface area contributed by atoms with E-state index in [2.05, 4.69) is 24.1 Å². The lowest BCUT2D eigenvalue weighted by Crippen LogP contribution is -2.78. The number of halogens is 2. The molecule has 2 aliphatic heterocycles. The van der Waals surface area contributed by atoms with Gasteiger partial charge >= 0.3 is 0 Å². The van der Waals surface area contributed by atoms with Crippen LogP contribution in [0.4, 0.5) is 8.78 Å². The van der Waals surface area contributed by atoms with E-state index in [9.17, 15) is 10.2 Å². The van der Waals surface area contributed by atoms with Crippen molar-refractivity contribution in [3.8, 4) is 0 Å². The van der Waals surface area contributed by atoms with E-state index in [4.69, 9.17) is 9.15 Å². The molecule has 7 rings (SSSR count). The lowest BCUT2D eigenvalue weighted by molar-refractivity contribution is -0.347. The highest BCUT2D eigenvalue weighted by molar-refractivity contribution is 5.82. The normalized spacial score (nSPS) is 48.6. The third-order valence-corrected chi connectivity index (χ3v) is 11.1. The molecule has 0 amide bonds. The number of oxazole rings is 1. The van der Waals surface area contributed by atoms with E-state index in [0.717, 1.165) is 22.2 Å². The second-order valence-corrected chi connectivity index (χ2v) is 12.9. The molecular weight excluding hydrogens is 478 g/mol. The number of alkyl halides is 2. The Morgan fingerprint density at radius 2 is 1.89 bits per heavy atom. The molecule has 9 unspecified atom stereocenters. The molecule has 37 heavy (non-hydrogen) atoms. The SMILES string of the molecule is Cc1nc2ccc(C3=CCC4C3(C)CCC3(F)CC5(F)C(O)C(O)C(N(C)C)CC56CCC43O6)cc2o1. The van der Waals surface area contributed by atoms with Crippen LogP contribution in [0.25, 0.3) is 16.7 Å². The first-order valence-corrected chi connectivity index (χ1v) is 13.6. The van der Waals surface area contributed by atoms with Crippen LogP contribution in [0.5, 0.6) is 0 Å². The number of aromatic nitrogens is 1. The quantitative estimate of drug-likeness (QED) is 0.614. The lowest BCUT2D eigenvalue weighted by Gasteiger charge is -2.65. The number of rotatable bonds is 2. The van der Waals surface area contributed by atoms with Gasteiger partial charge < -0.3 is 24.3 Å². The molecule has 1 aromatic heterocycles. The van der Waals surface area contributed by atoms with Crippen molar-refractivity contribution in [3.63, 3.8) is 0 Å². The molecule has 4 fully saturated rings. The number of hydrogen-bond donors (Lipinski definition) is 2. The fraction of sp³-hybridized carbons (Fsp3) is 0.690. The van der Waals surface area contributed by atoms with Gasteiger partial charge in [0.25, 0.3) is 0 Å². The summed E-state index contributed by atoms with van der Waals surface area (Å²) in [5.74, 6) is 0.472. The zero-order chi connectivity index (χ0) is 26.2. The molecule has 6 nitrogen and oxygen atoms in total. The summed E-state index contributed by atoms with van der Waals surface area (Å²) in [5.41, 5.74) is -3.26. The fourth-order valence-corrected chi connectivity index (χ4v) is 9.18. The highest BCUT2D eigenvalue weighted by Crippen LogP contribution is 2.74. The van der Waals surface area contributed by atoms with E-state index >= 15 is 8.78 Å². The number of allylic oxidation sites excluding steroid dienone is 2. The van der Waals surface area contributed by atoms with Gasteiger partial charge in [-0.1, -0.05) is 19.1 Å². The summed E-state index contributed by atoms with van der Waals surface area (Å²) in [6.45, 7) is 4.03.